The molecule has 0 aromatic carbocycles. The van der Waals surface area contributed by atoms with Gasteiger partial charge in [-0.3, -0.25) is 9.79 Å². The molecule has 0 aliphatic carbocycles. The molecule has 0 N–H and O–H groups in total. The van der Waals surface area contributed by atoms with Crippen molar-refractivity contribution in [2.24, 2.45) is 4.99 Å². The number of Topliss-reactive ketones (excluding diaryl/α,β-unsaturated/α-hetero) is 1. The van der Waals surface area contributed by atoms with Crippen LogP contribution in [0.1, 0.15) is 12.0 Å². The number of nitrogens with zero attached hydrogens (tertiary/aromatic N) is 3. The van der Waals surface area contributed by atoms with Crippen molar-refractivity contribution in [2.75, 3.05) is 13.1 Å². The Hall–Kier alpha value is -1.89. The number of hydrogen-bond donors (Lipinski definition) is 0. The number of rotatable bonds is 5. The molecule has 8 heteroatoms. The molecule has 1 aliphatic rings. The highest BCUT2D eigenvalue weighted by atomic mass is 35.5. The molecule has 0 amide bonds. The van der Waals surface area contributed by atoms with Gasteiger partial charge in [-0.05, 0) is 17.7 Å². The first kappa shape index (κ1) is 16.5. The Morgan fingerprint density at radius 2 is 2.18 bits per heavy atom. The third kappa shape index (κ3) is 4.56. The lowest BCUT2D eigenvalue weighted by Gasteiger charge is -2.18. The summed E-state index contributed by atoms with van der Waals surface area (Å²) in [6.45, 7) is 1.75. The summed E-state index contributed by atoms with van der Waals surface area (Å²) in [4.78, 5) is 20.9. The lowest BCUT2D eigenvalue weighted by molar-refractivity contribution is -0.170. The highest BCUT2D eigenvalue weighted by Crippen LogP contribution is 2.18. The van der Waals surface area contributed by atoms with E-state index in [1.165, 1.54) is 12.2 Å². The highest BCUT2D eigenvalue weighted by Gasteiger charge is 2.36. The largest absolute Gasteiger partial charge is 0.450 e. The van der Waals surface area contributed by atoms with Gasteiger partial charge in [0.15, 0.2) is 0 Å². The van der Waals surface area contributed by atoms with Gasteiger partial charge in [-0.15, -0.1) is 0 Å². The van der Waals surface area contributed by atoms with Crippen LogP contribution in [0.25, 0.3) is 0 Å². The Bertz CT molecular complexity index is 596. The third-order valence-electron chi connectivity index (χ3n) is 3.02. The van der Waals surface area contributed by atoms with Crippen LogP contribution in [0.5, 0.6) is 0 Å². The first-order chi connectivity index (χ1) is 10.4. The van der Waals surface area contributed by atoms with E-state index in [0.29, 0.717) is 30.6 Å². The van der Waals surface area contributed by atoms with E-state index in [2.05, 4.69) is 9.98 Å². The summed E-state index contributed by atoms with van der Waals surface area (Å²) in [6.07, 6.45) is -1.21. The van der Waals surface area contributed by atoms with Crippen LogP contribution in [-0.4, -0.2) is 40.8 Å². The second-order valence-electron chi connectivity index (χ2n) is 4.68. The number of alkyl halides is 3. The fraction of sp³-hybridized carbons (Fsp3) is 0.357. The molecule has 4 nitrogen and oxygen atoms in total. The summed E-state index contributed by atoms with van der Waals surface area (Å²) >= 11 is 5.71. The van der Waals surface area contributed by atoms with Gasteiger partial charge >= 0.3 is 6.18 Å². The third-order valence-corrected chi connectivity index (χ3v) is 3.24. The molecule has 0 saturated carbocycles. The average Bonchev–Trinajstić information content (AvgIpc) is 2.87. The zero-order valence-corrected chi connectivity index (χ0v) is 12.2. The van der Waals surface area contributed by atoms with Crippen molar-refractivity contribution in [1.29, 1.82) is 0 Å². The molecule has 0 fully saturated rings. The number of ketones is 1. The van der Waals surface area contributed by atoms with E-state index in [1.54, 1.807) is 12.3 Å². The molecule has 0 bridgehead atoms. The first-order valence-corrected chi connectivity index (χ1v) is 6.90. The predicted molar refractivity (Wildman–Crippen MR) is 76.8 cm³/mol. The number of pyridine rings is 1. The zero-order chi connectivity index (χ0) is 16.2. The summed E-state index contributed by atoms with van der Waals surface area (Å²) in [7, 11) is 0. The molecule has 2 rings (SSSR count). The van der Waals surface area contributed by atoms with Crippen molar-refractivity contribution in [3.8, 4) is 0 Å². The van der Waals surface area contributed by atoms with E-state index in [4.69, 9.17) is 11.6 Å². The van der Waals surface area contributed by atoms with Crippen molar-refractivity contribution >= 4 is 23.2 Å². The number of carbonyl (C=O) groups excluding carboxylic acids is 1. The van der Waals surface area contributed by atoms with Crippen LogP contribution in [0, 0.1) is 0 Å². The molecule has 1 aliphatic heterocycles. The number of carbonyl (C=O) groups is 1. The van der Waals surface area contributed by atoms with Crippen molar-refractivity contribution in [3.63, 3.8) is 0 Å². The standard InChI is InChI=1S/C14H13ClF3N3O/c15-12-5-4-10(8-20-12)9-21-7-6-19-13(21)3-1-2-11(22)14(16,17)18/h1,3-5,8H,2,6-7,9H2. The Morgan fingerprint density at radius 3 is 2.82 bits per heavy atom. The predicted octanol–water partition coefficient (Wildman–Crippen LogP) is 3.03. The van der Waals surface area contributed by atoms with Gasteiger partial charge in [0, 0.05) is 25.7 Å². The number of halogens is 4. The fourth-order valence-corrected chi connectivity index (χ4v) is 2.04. The Kier molecular flexibility index (Phi) is 5.18. The summed E-state index contributed by atoms with van der Waals surface area (Å²) in [5, 5.41) is 0.393. The maximum atomic E-state index is 12.1. The van der Waals surface area contributed by atoms with Crippen molar-refractivity contribution < 1.29 is 18.0 Å². The van der Waals surface area contributed by atoms with Crippen LogP contribution >= 0.6 is 11.6 Å². The smallest absolute Gasteiger partial charge is 0.351 e. The highest BCUT2D eigenvalue weighted by molar-refractivity contribution is 6.29. The number of aromatic nitrogens is 1. The lowest BCUT2D eigenvalue weighted by atomic mass is 10.2. The molecular formula is C14H13ClF3N3O. The van der Waals surface area contributed by atoms with E-state index in [1.807, 2.05) is 11.0 Å². The van der Waals surface area contributed by atoms with Gasteiger partial charge in [0.05, 0.1) is 6.54 Å². The van der Waals surface area contributed by atoms with E-state index in [0.717, 1.165) is 5.56 Å². The Balaban J connectivity index is 1.93. The quantitative estimate of drug-likeness (QED) is 0.779. The molecule has 0 saturated heterocycles. The van der Waals surface area contributed by atoms with E-state index in [-0.39, 0.29) is 0 Å². The van der Waals surface area contributed by atoms with E-state index < -0.39 is 18.4 Å². The minimum Gasteiger partial charge on any atom is -0.351 e. The fourth-order valence-electron chi connectivity index (χ4n) is 1.93. The lowest BCUT2D eigenvalue weighted by Crippen LogP contribution is -2.26. The van der Waals surface area contributed by atoms with Crippen LogP contribution in [0.2, 0.25) is 5.15 Å². The molecule has 118 valence electrons. The molecule has 1 aromatic heterocycles. The van der Waals surface area contributed by atoms with Crippen LogP contribution in [0.3, 0.4) is 0 Å². The van der Waals surface area contributed by atoms with Gasteiger partial charge in [0.2, 0.25) is 5.78 Å². The molecule has 0 radical (unpaired) electrons. The second kappa shape index (κ2) is 6.91. The van der Waals surface area contributed by atoms with Gasteiger partial charge in [-0.2, -0.15) is 13.2 Å². The molecule has 0 spiro atoms. The van der Waals surface area contributed by atoms with Gasteiger partial charge in [0.25, 0.3) is 0 Å². The second-order valence-corrected chi connectivity index (χ2v) is 5.07. The van der Waals surface area contributed by atoms with Gasteiger partial charge in [0.1, 0.15) is 11.0 Å². The van der Waals surface area contributed by atoms with Crippen LogP contribution in [0.15, 0.2) is 35.5 Å². The summed E-state index contributed by atoms with van der Waals surface area (Å²) in [6, 6.07) is 3.49. The van der Waals surface area contributed by atoms with Crippen LogP contribution < -0.4 is 0 Å². The Labute approximate surface area is 130 Å². The average molecular weight is 332 g/mol. The number of allylic oxidation sites excluding steroid dienone is 1. The molecule has 2 heterocycles. The summed E-state index contributed by atoms with van der Waals surface area (Å²) in [5.74, 6) is -1.21. The monoisotopic (exact) mass is 331 g/mol. The minimum absolute atomic E-state index is 0.393. The van der Waals surface area contributed by atoms with Crippen molar-refractivity contribution in [2.45, 2.75) is 19.1 Å². The zero-order valence-electron chi connectivity index (χ0n) is 11.5. The topological polar surface area (TPSA) is 45.6 Å². The molecule has 0 unspecified atom stereocenters. The number of aliphatic imine (C=N–C) groups is 1. The van der Waals surface area contributed by atoms with Gasteiger partial charge < -0.3 is 4.90 Å². The van der Waals surface area contributed by atoms with Gasteiger partial charge in [-0.25, -0.2) is 4.98 Å². The van der Waals surface area contributed by atoms with Crippen molar-refractivity contribution in [3.05, 3.63) is 41.2 Å². The minimum atomic E-state index is -4.80. The summed E-state index contributed by atoms with van der Waals surface area (Å²) in [5.41, 5.74) is 0.916. The van der Waals surface area contributed by atoms with E-state index >= 15 is 0 Å². The van der Waals surface area contributed by atoms with Crippen LogP contribution in [-0.2, 0) is 11.3 Å². The molecule has 0 atom stereocenters. The molecule has 22 heavy (non-hydrogen) atoms. The number of hydrogen-bond acceptors (Lipinski definition) is 4. The van der Waals surface area contributed by atoms with Crippen molar-refractivity contribution in [1.82, 2.24) is 9.88 Å². The molecular weight excluding hydrogens is 319 g/mol. The molecule has 1 aromatic rings. The Morgan fingerprint density at radius 1 is 1.41 bits per heavy atom. The first-order valence-electron chi connectivity index (χ1n) is 6.52. The maximum Gasteiger partial charge on any atom is 0.450 e. The normalized spacial score (nSPS) is 15.5. The maximum absolute atomic E-state index is 12.1. The summed E-state index contributed by atoms with van der Waals surface area (Å²) < 4.78 is 36.3. The van der Waals surface area contributed by atoms with E-state index in [9.17, 15) is 18.0 Å². The SMILES string of the molecule is O=C(CC=CC1=NCCN1Cc1ccc(Cl)nc1)C(F)(F)F. The van der Waals surface area contributed by atoms with Crippen LogP contribution in [0.4, 0.5) is 13.2 Å². The van der Waals surface area contributed by atoms with Gasteiger partial charge in [-0.1, -0.05) is 23.7 Å². The number of amidine groups is 1.